The third-order valence-electron chi connectivity index (χ3n) is 2.75. The number of hydrogen-bond acceptors (Lipinski definition) is 4. The molecule has 0 saturated carbocycles. The van der Waals surface area contributed by atoms with Crippen LogP contribution in [0.3, 0.4) is 0 Å². The summed E-state index contributed by atoms with van der Waals surface area (Å²) in [5, 5.41) is 16.0. The molecule has 0 unspecified atom stereocenters. The Bertz CT molecular complexity index is 600. The second kappa shape index (κ2) is 8.11. The van der Waals surface area contributed by atoms with Gasteiger partial charge in [0.15, 0.2) is 10.8 Å². The van der Waals surface area contributed by atoms with Crippen LogP contribution in [-0.2, 0) is 19.6 Å². The fourth-order valence-electron chi connectivity index (χ4n) is 1.87. The van der Waals surface area contributed by atoms with E-state index in [2.05, 4.69) is 10.4 Å². The quantitative estimate of drug-likeness (QED) is 0.817. The number of nitrogens with zero attached hydrogens (tertiary/aromatic N) is 2. The average molecular weight is 334 g/mol. The highest BCUT2D eigenvalue weighted by Crippen LogP contribution is 2.14. The molecule has 0 aliphatic rings. The molecule has 0 spiro atoms. The van der Waals surface area contributed by atoms with E-state index in [9.17, 15) is 9.18 Å². The van der Waals surface area contributed by atoms with Gasteiger partial charge in [0, 0.05) is 24.5 Å². The molecular weight excluding hydrogens is 317 g/mol. The van der Waals surface area contributed by atoms with Crippen LogP contribution in [0.5, 0.6) is 0 Å². The van der Waals surface area contributed by atoms with Gasteiger partial charge in [-0.15, -0.1) is 23.7 Å². The van der Waals surface area contributed by atoms with E-state index in [4.69, 9.17) is 5.11 Å². The minimum atomic E-state index is -1.03. The number of aromatic carboxylic acids is 1. The molecular formula is C13H17ClFN3O2S. The van der Waals surface area contributed by atoms with Crippen molar-refractivity contribution in [2.45, 2.75) is 33.0 Å². The van der Waals surface area contributed by atoms with E-state index in [1.807, 2.05) is 6.92 Å². The summed E-state index contributed by atoms with van der Waals surface area (Å²) in [7, 11) is 0. The summed E-state index contributed by atoms with van der Waals surface area (Å²) in [5.41, 5.74) is 0.874. The number of rotatable bonds is 7. The molecule has 2 aromatic rings. The number of halogens is 2. The van der Waals surface area contributed by atoms with E-state index in [0.29, 0.717) is 19.6 Å². The van der Waals surface area contributed by atoms with Crippen molar-refractivity contribution in [3.8, 4) is 0 Å². The van der Waals surface area contributed by atoms with Crippen molar-refractivity contribution in [2.75, 3.05) is 0 Å². The van der Waals surface area contributed by atoms with E-state index in [1.54, 1.807) is 16.8 Å². The van der Waals surface area contributed by atoms with Crippen LogP contribution in [0.25, 0.3) is 0 Å². The molecule has 0 aliphatic heterocycles. The molecule has 116 valence electrons. The molecule has 0 fully saturated rings. The van der Waals surface area contributed by atoms with Crippen LogP contribution >= 0.6 is 23.7 Å². The highest BCUT2D eigenvalue weighted by molar-refractivity contribution is 7.10. The first kappa shape index (κ1) is 17.6. The maximum Gasteiger partial charge on any atom is 0.356 e. The molecule has 8 heteroatoms. The number of aryl methyl sites for hydroxylation is 1. The first-order valence-electron chi connectivity index (χ1n) is 6.35. The first-order valence-corrected chi connectivity index (χ1v) is 7.16. The molecule has 0 aliphatic carbocycles. The van der Waals surface area contributed by atoms with Crippen molar-refractivity contribution in [1.29, 1.82) is 0 Å². The van der Waals surface area contributed by atoms with E-state index >= 15 is 0 Å². The van der Waals surface area contributed by atoms with E-state index in [1.165, 1.54) is 6.07 Å². The standard InChI is InChI=1S/C13H16FN3O2S.ClH/c1-2-5-17-9(6-11(16-17)13(18)19)7-15-8-10-3-4-12(14)20-10;/h3-4,6,15H,2,5,7-8H2,1H3,(H,18,19);1H. The smallest absolute Gasteiger partial charge is 0.356 e. The monoisotopic (exact) mass is 333 g/mol. The summed E-state index contributed by atoms with van der Waals surface area (Å²) in [4.78, 5) is 11.8. The predicted octanol–water partition coefficient (Wildman–Crippen LogP) is 2.90. The van der Waals surface area contributed by atoms with E-state index < -0.39 is 5.97 Å². The van der Waals surface area contributed by atoms with Gasteiger partial charge in [0.25, 0.3) is 0 Å². The van der Waals surface area contributed by atoms with Gasteiger partial charge >= 0.3 is 5.97 Å². The Hall–Kier alpha value is -1.44. The zero-order valence-corrected chi connectivity index (χ0v) is 13.1. The second-order valence-corrected chi connectivity index (χ2v) is 5.48. The number of carbonyl (C=O) groups is 1. The number of nitrogens with one attached hydrogen (secondary N) is 1. The Morgan fingerprint density at radius 3 is 2.81 bits per heavy atom. The minimum Gasteiger partial charge on any atom is -0.476 e. The van der Waals surface area contributed by atoms with E-state index in [0.717, 1.165) is 28.3 Å². The van der Waals surface area contributed by atoms with Crippen LogP contribution < -0.4 is 5.32 Å². The van der Waals surface area contributed by atoms with E-state index in [-0.39, 0.29) is 23.2 Å². The lowest BCUT2D eigenvalue weighted by atomic mass is 10.3. The largest absolute Gasteiger partial charge is 0.476 e. The van der Waals surface area contributed by atoms with Crippen LogP contribution in [0.1, 0.15) is 34.4 Å². The van der Waals surface area contributed by atoms with Crippen molar-refractivity contribution in [1.82, 2.24) is 15.1 Å². The van der Waals surface area contributed by atoms with Crippen LogP contribution in [-0.4, -0.2) is 20.9 Å². The van der Waals surface area contributed by atoms with Crippen molar-refractivity contribution in [3.63, 3.8) is 0 Å². The summed E-state index contributed by atoms with van der Waals surface area (Å²) >= 11 is 1.10. The molecule has 2 heterocycles. The fraction of sp³-hybridized carbons (Fsp3) is 0.385. The van der Waals surface area contributed by atoms with Gasteiger partial charge in [-0.25, -0.2) is 4.79 Å². The molecule has 0 saturated heterocycles. The third kappa shape index (κ3) is 4.80. The highest BCUT2D eigenvalue weighted by atomic mass is 35.5. The van der Waals surface area contributed by atoms with Crippen molar-refractivity contribution in [2.24, 2.45) is 0 Å². The number of thiophene rings is 1. The lowest BCUT2D eigenvalue weighted by Gasteiger charge is -2.06. The zero-order chi connectivity index (χ0) is 14.5. The normalized spacial score (nSPS) is 10.4. The second-order valence-electron chi connectivity index (χ2n) is 4.36. The summed E-state index contributed by atoms with van der Waals surface area (Å²) in [6.07, 6.45) is 0.879. The Morgan fingerprint density at radius 2 is 2.24 bits per heavy atom. The molecule has 0 bridgehead atoms. The Balaban J connectivity index is 0.00000220. The predicted molar refractivity (Wildman–Crippen MR) is 81.5 cm³/mol. The lowest BCUT2D eigenvalue weighted by molar-refractivity contribution is 0.0689. The Kier molecular flexibility index (Phi) is 6.80. The van der Waals surface area contributed by atoms with Gasteiger partial charge in [0.2, 0.25) is 0 Å². The lowest BCUT2D eigenvalue weighted by Crippen LogP contribution is -2.16. The van der Waals surface area contributed by atoms with Crippen LogP contribution in [0.15, 0.2) is 18.2 Å². The molecule has 5 nitrogen and oxygen atoms in total. The summed E-state index contributed by atoms with van der Waals surface area (Å²) in [6, 6.07) is 4.74. The maximum atomic E-state index is 12.8. The van der Waals surface area contributed by atoms with Crippen LogP contribution in [0.4, 0.5) is 4.39 Å². The molecule has 0 atom stereocenters. The molecule has 2 rings (SSSR count). The van der Waals surface area contributed by atoms with Crippen molar-refractivity contribution >= 4 is 29.7 Å². The van der Waals surface area contributed by atoms with Gasteiger partial charge in [0.1, 0.15) is 0 Å². The Labute approximate surface area is 132 Å². The van der Waals surface area contributed by atoms with Gasteiger partial charge in [-0.3, -0.25) is 4.68 Å². The topological polar surface area (TPSA) is 67.2 Å². The van der Waals surface area contributed by atoms with Gasteiger partial charge in [-0.2, -0.15) is 9.49 Å². The maximum absolute atomic E-state index is 12.8. The number of aromatic nitrogens is 2. The fourth-order valence-corrected chi connectivity index (χ4v) is 2.57. The highest BCUT2D eigenvalue weighted by Gasteiger charge is 2.12. The summed E-state index contributed by atoms with van der Waals surface area (Å²) in [6.45, 7) is 3.74. The van der Waals surface area contributed by atoms with Gasteiger partial charge in [-0.05, 0) is 24.6 Å². The molecule has 0 radical (unpaired) electrons. The van der Waals surface area contributed by atoms with Gasteiger partial charge in [0.05, 0.1) is 5.69 Å². The number of carboxylic acids is 1. The van der Waals surface area contributed by atoms with Crippen molar-refractivity contribution < 1.29 is 14.3 Å². The molecule has 21 heavy (non-hydrogen) atoms. The van der Waals surface area contributed by atoms with Crippen LogP contribution in [0.2, 0.25) is 0 Å². The van der Waals surface area contributed by atoms with Gasteiger partial charge in [-0.1, -0.05) is 6.92 Å². The van der Waals surface area contributed by atoms with Gasteiger partial charge < -0.3 is 10.4 Å². The average Bonchev–Trinajstić information content (AvgIpc) is 2.98. The van der Waals surface area contributed by atoms with Crippen LogP contribution in [0, 0.1) is 5.13 Å². The number of carboxylic acid groups (broad SMARTS) is 1. The molecule has 0 aromatic carbocycles. The van der Waals surface area contributed by atoms with Crippen molar-refractivity contribution in [3.05, 3.63) is 39.6 Å². The summed E-state index contributed by atoms with van der Waals surface area (Å²) in [5.74, 6) is -1.03. The SMILES string of the molecule is CCCn1nc(C(=O)O)cc1CNCc1ccc(F)s1.Cl. The molecule has 0 amide bonds. The first-order chi connectivity index (χ1) is 9.60. The third-order valence-corrected chi connectivity index (χ3v) is 3.63. The zero-order valence-electron chi connectivity index (χ0n) is 11.5. The minimum absolute atomic E-state index is 0. The molecule has 2 N–H and O–H groups in total. The summed E-state index contributed by atoms with van der Waals surface area (Å²) < 4.78 is 14.5. The Morgan fingerprint density at radius 1 is 1.48 bits per heavy atom. The number of hydrogen-bond donors (Lipinski definition) is 2. The molecule has 2 aromatic heterocycles.